The summed E-state index contributed by atoms with van der Waals surface area (Å²) >= 11 is 0. The molecule has 1 amide bonds. The number of rotatable bonds is 9. The zero-order valence-corrected chi connectivity index (χ0v) is 15.8. The minimum atomic E-state index is -0.995. The first-order valence-electron chi connectivity index (χ1n) is 8.58. The van der Waals surface area contributed by atoms with Gasteiger partial charge < -0.3 is 20.5 Å². The van der Waals surface area contributed by atoms with Crippen LogP contribution in [0.15, 0.2) is 36.4 Å². The van der Waals surface area contributed by atoms with E-state index < -0.39 is 28.3 Å². The fourth-order valence-electron chi connectivity index (χ4n) is 2.51. The second kappa shape index (κ2) is 9.93. The maximum Gasteiger partial charge on any atom is 0.341 e. The van der Waals surface area contributed by atoms with Crippen molar-refractivity contribution in [2.45, 2.75) is 6.92 Å². The van der Waals surface area contributed by atoms with Crippen LogP contribution in [0.1, 0.15) is 15.9 Å². The van der Waals surface area contributed by atoms with E-state index in [2.05, 4.69) is 10.6 Å². The van der Waals surface area contributed by atoms with Gasteiger partial charge in [0.2, 0.25) is 0 Å². The summed E-state index contributed by atoms with van der Waals surface area (Å²) in [5.41, 5.74) is -0.108. The number of ether oxygens (including phenoxy) is 1. The number of hydrogen-bond acceptors (Lipinski definition) is 9. The molecule has 0 aromatic heterocycles. The SMILES string of the molecule is Cc1c(NC(=O)COC(=O)c2cc([N+](=O)[O-])ccc2NCCO)cccc1[N+](=O)[O-]. The molecule has 0 radical (unpaired) electrons. The van der Waals surface area contributed by atoms with Gasteiger partial charge in [-0.3, -0.25) is 25.0 Å². The summed E-state index contributed by atoms with van der Waals surface area (Å²) in [5.74, 6) is -1.74. The van der Waals surface area contributed by atoms with Crippen LogP contribution in [-0.2, 0) is 9.53 Å². The van der Waals surface area contributed by atoms with Gasteiger partial charge in [-0.25, -0.2) is 4.79 Å². The third-order valence-corrected chi connectivity index (χ3v) is 3.97. The number of carbonyl (C=O) groups excluding carboxylic acids is 2. The third kappa shape index (κ3) is 5.48. The fourth-order valence-corrected chi connectivity index (χ4v) is 2.51. The number of nitro groups is 2. The number of anilines is 2. The van der Waals surface area contributed by atoms with Gasteiger partial charge in [-0.05, 0) is 19.1 Å². The molecule has 12 nitrogen and oxygen atoms in total. The van der Waals surface area contributed by atoms with E-state index in [0.717, 1.165) is 6.07 Å². The lowest BCUT2D eigenvalue weighted by atomic mass is 10.1. The maximum atomic E-state index is 12.4. The monoisotopic (exact) mass is 418 g/mol. The van der Waals surface area contributed by atoms with Gasteiger partial charge in [-0.15, -0.1) is 0 Å². The average molecular weight is 418 g/mol. The van der Waals surface area contributed by atoms with Crippen molar-refractivity contribution < 1.29 is 29.3 Å². The molecular weight excluding hydrogens is 400 g/mol. The molecule has 0 spiro atoms. The van der Waals surface area contributed by atoms with Crippen LogP contribution in [0.2, 0.25) is 0 Å². The molecule has 0 aliphatic rings. The van der Waals surface area contributed by atoms with E-state index >= 15 is 0 Å². The maximum absolute atomic E-state index is 12.4. The largest absolute Gasteiger partial charge is 0.452 e. The quantitative estimate of drug-likeness (QED) is 0.312. The topological polar surface area (TPSA) is 174 Å². The summed E-state index contributed by atoms with van der Waals surface area (Å²) in [6.45, 7) is 0.589. The van der Waals surface area contributed by atoms with Gasteiger partial charge in [0.1, 0.15) is 0 Å². The van der Waals surface area contributed by atoms with Gasteiger partial charge in [0, 0.05) is 30.4 Å². The molecule has 0 unspecified atom stereocenters. The van der Waals surface area contributed by atoms with Gasteiger partial charge >= 0.3 is 5.97 Å². The first-order valence-corrected chi connectivity index (χ1v) is 8.58. The fraction of sp³-hybridized carbons (Fsp3) is 0.222. The molecule has 2 aromatic rings. The molecule has 12 heteroatoms. The number of nitrogens with one attached hydrogen (secondary N) is 2. The van der Waals surface area contributed by atoms with Crippen molar-refractivity contribution in [1.29, 1.82) is 0 Å². The molecule has 0 fully saturated rings. The summed E-state index contributed by atoms with van der Waals surface area (Å²) in [5, 5.41) is 36.0. The lowest BCUT2D eigenvalue weighted by Gasteiger charge is -2.12. The standard InChI is InChI=1S/C18H18N4O8/c1-11-14(3-2-4-16(11)22(28)29)20-17(24)10-30-18(25)13-9-12(21(26)27)5-6-15(13)19-7-8-23/h2-6,9,19,23H,7-8,10H2,1H3,(H,20,24). The van der Waals surface area contributed by atoms with Gasteiger partial charge in [0.05, 0.1) is 33.3 Å². The molecule has 0 aliphatic carbocycles. The van der Waals surface area contributed by atoms with Crippen LogP contribution >= 0.6 is 0 Å². The molecule has 0 saturated carbocycles. The minimum Gasteiger partial charge on any atom is -0.452 e. The zero-order valence-electron chi connectivity index (χ0n) is 15.8. The lowest BCUT2D eigenvalue weighted by Crippen LogP contribution is -2.22. The van der Waals surface area contributed by atoms with Gasteiger partial charge in [-0.1, -0.05) is 6.07 Å². The van der Waals surface area contributed by atoms with Gasteiger partial charge in [-0.2, -0.15) is 0 Å². The first-order chi connectivity index (χ1) is 14.2. The van der Waals surface area contributed by atoms with E-state index in [1.165, 1.54) is 37.3 Å². The van der Waals surface area contributed by atoms with E-state index in [0.29, 0.717) is 0 Å². The second-order valence-corrected chi connectivity index (χ2v) is 5.97. The van der Waals surface area contributed by atoms with Gasteiger partial charge in [0.15, 0.2) is 6.61 Å². The number of esters is 1. The molecule has 2 rings (SSSR count). The molecular formula is C18H18N4O8. The van der Waals surface area contributed by atoms with Crippen LogP contribution in [0.3, 0.4) is 0 Å². The molecule has 2 aromatic carbocycles. The Kier molecular flexibility index (Phi) is 7.36. The molecule has 0 saturated heterocycles. The molecule has 158 valence electrons. The summed E-state index contributed by atoms with van der Waals surface area (Å²) in [6.07, 6.45) is 0. The van der Waals surface area contributed by atoms with E-state index in [4.69, 9.17) is 9.84 Å². The zero-order chi connectivity index (χ0) is 22.3. The number of carbonyl (C=O) groups is 2. The van der Waals surface area contributed by atoms with E-state index in [-0.39, 0.29) is 47.0 Å². The van der Waals surface area contributed by atoms with Crippen LogP contribution in [0.4, 0.5) is 22.7 Å². The Morgan fingerprint density at radius 2 is 1.83 bits per heavy atom. The highest BCUT2D eigenvalue weighted by Gasteiger charge is 2.20. The summed E-state index contributed by atoms with van der Waals surface area (Å²) in [7, 11) is 0. The lowest BCUT2D eigenvalue weighted by molar-refractivity contribution is -0.385. The molecule has 0 aliphatic heterocycles. The highest BCUT2D eigenvalue weighted by molar-refractivity contribution is 5.99. The smallest absolute Gasteiger partial charge is 0.341 e. The van der Waals surface area contributed by atoms with Crippen LogP contribution in [0.25, 0.3) is 0 Å². The number of benzene rings is 2. The average Bonchev–Trinajstić information content (AvgIpc) is 2.71. The van der Waals surface area contributed by atoms with Crippen molar-refractivity contribution in [2.75, 3.05) is 30.4 Å². The van der Waals surface area contributed by atoms with Crippen molar-refractivity contribution in [3.63, 3.8) is 0 Å². The van der Waals surface area contributed by atoms with Gasteiger partial charge in [0.25, 0.3) is 17.3 Å². The number of nitro benzene ring substituents is 2. The number of hydrogen-bond donors (Lipinski definition) is 3. The third-order valence-electron chi connectivity index (χ3n) is 3.97. The van der Waals surface area contributed by atoms with E-state index in [9.17, 15) is 29.8 Å². The Morgan fingerprint density at radius 3 is 2.47 bits per heavy atom. The highest BCUT2D eigenvalue weighted by atomic mass is 16.6. The summed E-state index contributed by atoms with van der Waals surface area (Å²) in [4.78, 5) is 45.1. The molecule has 30 heavy (non-hydrogen) atoms. The van der Waals surface area contributed by atoms with Crippen LogP contribution in [0.5, 0.6) is 0 Å². The van der Waals surface area contributed by atoms with Crippen molar-refractivity contribution in [2.24, 2.45) is 0 Å². The Balaban J connectivity index is 2.10. The normalized spacial score (nSPS) is 10.2. The van der Waals surface area contributed by atoms with Crippen LogP contribution in [-0.4, -0.2) is 46.6 Å². The van der Waals surface area contributed by atoms with Crippen molar-refractivity contribution >= 4 is 34.6 Å². The Labute approximate surface area is 169 Å². The van der Waals surface area contributed by atoms with Crippen molar-refractivity contribution in [3.8, 4) is 0 Å². The predicted molar refractivity (Wildman–Crippen MR) is 105 cm³/mol. The molecule has 0 heterocycles. The number of aliphatic hydroxyl groups excluding tert-OH is 1. The number of nitrogens with zero attached hydrogens (tertiary/aromatic N) is 2. The summed E-state index contributed by atoms with van der Waals surface area (Å²) in [6, 6.07) is 7.60. The van der Waals surface area contributed by atoms with E-state index in [1.807, 2.05) is 0 Å². The first kappa shape index (κ1) is 22.2. The molecule has 0 bridgehead atoms. The molecule has 3 N–H and O–H groups in total. The number of amides is 1. The number of non-ortho nitro benzene ring substituents is 1. The highest BCUT2D eigenvalue weighted by Crippen LogP contribution is 2.25. The van der Waals surface area contributed by atoms with Crippen LogP contribution in [0, 0.1) is 27.2 Å². The van der Waals surface area contributed by atoms with Crippen molar-refractivity contribution in [3.05, 3.63) is 67.8 Å². The second-order valence-electron chi connectivity index (χ2n) is 5.97. The Hall–Kier alpha value is -4.06. The predicted octanol–water partition coefficient (Wildman–Crippen LogP) is 2.01. The minimum absolute atomic E-state index is 0.0879. The van der Waals surface area contributed by atoms with E-state index in [1.54, 1.807) is 0 Å². The Bertz CT molecular complexity index is 992. The van der Waals surface area contributed by atoms with Crippen LogP contribution < -0.4 is 10.6 Å². The Morgan fingerprint density at radius 1 is 1.10 bits per heavy atom. The summed E-state index contributed by atoms with van der Waals surface area (Å²) < 4.78 is 4.93. The molecule has 0 atom stereocenters. The number of aliphatic hydroxyl groups is 1. The van der Waals surface area contributed by atoms with Crippen molar-refractivity contribution in [1.82, 2.24) is 0 Å².